The van der Waals surface area contributed by atoms with Crippen molar-refractivity contribution >= 4 is 11.7 Å². The second kappa shape index (κ2) is 5.45. The van der Waals surface area contributed by atoms with E-state index in [1.165, 1.54) is 0 Å². The Morgan fingerprint density at radius 1 is 1.58 bits per heavy atom. The van der Waals surface area contributed by atoms with E-state index in [1.807, 2.05) is 26.8 Å². The zero-order valence-corrected chi connectivity index (χ0v) is 12.0. The topological polar surface area (TPSA) is 55.4 Å². The minimum Gasteiger partial charge on any atom is -0.367 e. The van der Waals surface area contributed by atoms with Crippen LogP contribution < -0.4 is 5.32 Å². The maximum absolute atomic E-state index is 11.9. The summed E-state index contributed by atoms with van der Waals surface area (Å²) >= 11 is 0. The third-order valence-corrected chi connectivity index (χ3v) is 3.76. The molecule has 0 aliphatic carbocycles. The van der Waals surface area contributed by atoms with Crippen LogP contribution in [-0.4, -0.2) is 29.9 Å². The van der Waals surface area contributed by atoms with E-state index >= 15 is 0 Å². The molecule has 106 valence electrons. The van der Waals surface area contributed by atoms with Crippen molar-refractivity contribution in [1.29, 1.82) is 0 Å². The lowest BCUT2D eigenvalue weighted by molar-refractivity contribution is -0.126. The Kier molecular flexibility index (Phi) is 4.09. The van der Waals surface area contributed by atoms with Crippen LogP contribution in [0.4, 0.5) is 0 Å². The van der Waals surface area contributed by atoms with Crippen LogP contribution in [0.1, 0.15) is 46.5 Å². The van der Waals surface area contributed by atoms with Crippen molar-refractivity contribution in [3.05, 3.63) is 11.6 Å². The van der Waals surface area contributed by atoms with Crippen LogP contribution in [0.5, 0.6) is 0 Å². The number of Topliss-reactive ketones (excluding diaryl/α,β-unsaturated/α-hetero) is 1. The number of hydrogen-bond acceptors (Lipinski definition) is 3. The first kappa shape index (κ1) is 14.3. The predicted molar refractivity (Wildman–Crippen MR) is 72.7 cm³/mol. The molecule has 0 aromatic carbocycles. The average molecular weight is 265 g/mol. The van der Waals surface area contributed by atoms with Gasteiger partial charge in [-0.05, 0) is 25.7 Å². The van der Waals surface area contributed by atoms with Crippen LogP contribution in [0.25, 0.3) is 0 Å². The monoisotopic (exact) mass is 265 g/mol. The molecule has 2 unspecified atom stereocenters. The molecule has 0 aromatic heterocycles. The molecule has 2 aliphatic heterocycles. The number of ether oxygens (including phenoxy) is 1. The molecule has 1 fully saturated rings. The van der Waals surface area contributed by atoms with Gasteiger partial charge in [0.15, 0.2) is 0 Å². The molecule has 0 aromatic rings. The summed E-state index contributed by atoms with van der Waals surface area (Å²) in [5.41, 5.74) is 0.334. The fourth-order valence-corrected chi connectivity index (χ4v) is 2.92. The van der Waals surface area contributed by atoms with Gasteiger partial charge in [-0.1, -0.05) is 19.9 Å². The number of ketones is 1. The average Bonchev–Trinajstić information content (AvgIpc) is 2.83. The molecule has 2 atom stereocenters. The van der Waals surface area contributed by atoms with Gasteiger partial charge in [-0.3, -0.25) is 9.59 Å². The fourth-order valence-electron chi connectivity index (χ4n) is 2.92. The molecule has 2 rings (SSSR count). The predicted octanol–water partition coefficient (Wildman–Crippen LogP) is 1.99. The number of hydrogen-bond donors (Lipinski definition) is 1. The highest BCUT2D eigenvalue weighted by atomic mass is 16.5. The number of rotatable bonds is 5. The first-order valence-electron chi connectivity index (χ1n) is 7.07. The fraction of sp³-hybridized carbons (Fsp3) is 0.733. The Morgan fingerprint density at radius 3 is 2.89 bits per heavy atom. The number of carbonyl (C=O) groups is 2. The Bertz CT molecular complexity index is 414. The van der Waals surface area contributed by atoms with Gasteiger partial charge in [-0.25, -0.2) is 0 Å². The number of nitrogens with one attached hydrogen (secondary N) is 1. The first-order chi connectivity index (χ1) is 8.89. The van der Waals surface area contributed by atoms with E-state index in [1.54, 1.807) is 0 Å². The molecule has 0 spiro atoms. The van der Waals surface area contributed by atoms with Crippen LogP contribution in [0.2, 0.25) is 0 Å². The highest BCUT2D eigenvalue weighted by Crippen LogP contribution is 2.37. The van der Waals surface area contributed by atoms with Gasteiger partial charge < -0.3 is 10.1 Å². The smallest absolute Gasteiger partial charge is 0.249 e. The van der Waals surface area contributed by atoms with E-state index in [-0.39, 0.29) is 17.8 Å². The van der Waals surface area contributed by atoms with Crippen molar-refractivity contribution in [2.24, 2.45) is 5.92 Å². The first-order valence-corrected chi connectivity index (χ1v) is 7.07. The second-order valence-electron chi connectivity index (χ2n) is 6.28. The van der Waals surface area contributed by atoms with Crippen molar-refractivity contribution in [1.82, 2.24) is 5.32 Å². The van der Waals surface area contributed by atoms with Crippen molar-refractivity contribution in [2.45, 2.75) is 58.2 Å². The van der Waals surface area contributed by atoms with Crippen LogP contribution in [0.15, 0.2) is 11.6 Å². The molecule has 2 heterocycles. The lowest BCUT2D eigenvalue weighted by Crippen LogP contribution is -2.31. The summed E-state index contributed by atoms with van der Waals surface area (Å²) in [4.78, 5) is 23.5. The Balaban J connectivity index is 1.93. The largest absolute Gasteiger partial charge is 0.367 e. The van der Waals surface area contributed by atoms with Crippen LogP contribution in [0, 0.1) is 5.92 Å². The van der Waals surface area contributed by atoms with E-state index in [4.69, 9.17) is 4.74 Å². The zero-order chi connectivity index (χ0) is 14.0. The molecule has 0 bridgehead atoms. The van der Waals surface area contributed by atoms with Gasteiger partial charge in [-0.2, -0.15) is 0 Å². The van der Waals surface area contributed by atoms with Gasteiger partial charge in [-0.15, -0.1) is 0 Å². The van der Waals surface area contributed by atoms with Crippen molar-refractivity contribution in [3.63, 3.8) is 0 Å². The molecule has 4 nitrogen and oxygen atoms in total. The maximum Gasteiger partial charge on any atom is 0.249 e. The molecule has 19 heavy (non-hydrogen) atoms. The number of carbonyl (C=O) groups excluding carboxylic acids is 2. The van der Waals surface area contributed by atoms with Gasteiger partial charge in [0, 0.05) is 25.0 Å². The van der Waals surface area contributed by atoms with E-state index in [0.29, 0.717) is 25.3 Å². The standard InChI is InChI=1S/C15H23NO3/c1-10(2)8-11(17)9-15(3)6-4-13(19-15)12-5-7-16-14(12)18/h5,10,13H,4,6-9H2,1-3H3,(H,16,18). The van der Waals surface area contributed by atoms with E-state index < -0.39 is 5.60 Å². The molecule has 4 heteroatoms. The number of amides is 1. The van der Waals surface area contributed by atoms with Crippen LogP contribution in [0.3, 0.4) is 0 Å². The summed E-state index contributed by atoms with van der Waals surface area (Å²) in [6.07, 6.45) is 4.48. The summed E-state index contributed by atoms with van der Waals surface area (Å²) in [6.45, 7) is 6.67. The lowest BCUT2D eigenvalue weighted by atomic mass is 9.92. The summed E-state index contributed by atoms with van der Waals surface area (Å²) in [7, 11) is 0. The molecule has 1 saturated heterocycles. The van der Waals surface area contributed by atoms with Gasteiger partial charge in [0.25, 0.3) is 0 Å². The molecule has 1 amide bonds. The third-order valence-electron chi connectivity index (χ3n) is 3.76. The molecule has 2 aliphatic rings. The summed E-state index contributed by atoms with van der Waals surface area (Å²) in [5.74, 6) is 0.613. The van der Waals surface area contributed by atoms with Crippen molar-refractivity contribution in [3.8, 4) is 0 Å². The second-order valence-corrected chi connectivity index (χ2v) is 6.28. The van der Waals surface area contributed by atoms with Crippen molar-refractivity contribution < 1.29 is 14.3 Å². The maximum atomic E-state index is 11.9. The molecular formula is C15H23NO3. The third kappa shape index (κ3) is 3.44. The SMILES string of the molecule is CC(C)CC(=O)CC1(C)CCC(C2=CCNC2=O)O1. The Hall–Kier alpha value is -1.16. The normalized spacial score (nSPS) is 30.6. The summed E-state index contributed by atoms with van der Waals surface area (Å²) in [5, 5.41) is 2.76. The van der Waals surface area contributed by atoms with E-state index in [2.05, 4.69) is 5.32 Å². The summed E-state index contributed by atoms with van der Waals surface area (Å²) in [6, 6.07) is 0. The zero-order valence-electron chi connectivity index (χ0n) is 12.0. The minimum atomic E-state index is -0.402. The molecular weight excluding hydrogens is 242 g/mol. The quantitative estimate of drug-likeness (QED) is 0.827. The van der Waals surface area contributed by atoms with Gasteiger partial charge in [0.2, 0.25) is 5.91 Å². The molecule has 0 radical (unpaired) electrons. The van der Waals surface area contributed by atoms with Gasteiger partial charge in [0.1, 0.15) is 5.78 Å². The molecule has 1 N–H and O–H groups in total. The van der Waals surface area contributed by atoms with Crippen LogP contribution in [-0.2, 0) is 14.3 Å². The van der Waals surface area contributed by atoms with E-state index in [9.17, 15) is 9.59 Å². The molecule has 0 saturated carbocycles. The summed E-state index contributed by atoms with van der Waals surface area (Å²) < 4.78 is 6.01. The Morgan fingerprint density at radius 2 is 2.32 bits per heavy atom. The van der Waals surface area contributed by atoms with Crippen molar-refractivity contribution in [2.75, 3.05) is 6.54 Å². The lowest BCUT2D eigenvalue weighted by Gasteiger charge is -2.24. The van der Waals surface area contributed by atoms with E-state index in [0.717, 1.165) is 18.4 Å². The van der Waals surface area contributed by atoms with Crippen LogP contribution >= 0.6 is 0 Å². The Labute approximate surface area is 114 Å². The highest BCUT2D eigenvalue weighted by molar-refractivity contribution is 5.96. The minimum absolute atomic E-state index is 0.0252. The van der Waals surface area contributed by atoms with Gasteiger partial charge >= 0.3 is 0 Å². The van der Waals surface area contributed by atoms with Gasteiger partial charge in [0.05, 0.1) is 11.7 Å². The highest BCUT2D eigenvalue weighted by Gasteiger charge is 2.41.